The molecule has 1 fully saturated rings. The minimum Gasteiger partial charge on any atom is -0.387 e. The fourth-order valence-corrected chi connectivity index (χ4v) is 2.86. The van der Waals surface area contributed by atoms with Gasteiger partial charge in [-0.25, -0.2) is 0 Å². The van der Waals surface area contributed by atoms with Crippen LogP contribution < -0.4 is 5.32 Å². The van der Waals surface area contributed by atoms with Crippen molar-refractivity contribution in [3.63, 3.8) is 0 Å². The minimum atomic E-state index is 0.0787. The highest BCUT2D eigenvalue weighted by Gasteiger charge is 2.31. The lowest BCUT2D eigenvalue weighted by atomic mass is 9.78. The third-order valence-electron chi connectivity index (χ3n) is 4.59. The quantitative estimate of drug-likeness (QED) is 0.913. The number of anilines is 1. The molecule has 1 aromatic rings. The molecular formula is C16H23ClN2O. The van der Waals surface area contributed by atoms with Gasteiger partial charge in [0.1, 0.15) is 0 Å². The van der Waals surface area contributed by atoms with Gasteiger partial charge >= 0.3 is 0 Å². The van der Waals surface area contributed by atoms with Crippen molar-refractivity contribution in [3.8, 4) is 0 Å². The Balaban J connectivity index is 2.15. The fraction of sp³-hybridized carbons (Fsp3) is 0.562. The van der Waals surface area contributed by atoms with Crippen LogP contribution in [0.4, 0.5) is 5.69 Å². The summed E-state index contributed by atoms with van der Waals surface area (Å²) in [5, 5.41) is 3.66. The number of halogens is 1. The molecule has 0 aliphatic carbocycles. The molecule has 1 heterocycles. The molecule has 1 aliphatic rings. The Morgan fingerprint density at radius 3 is 2.60 bits per heavy atom. The summed E-state index contributed by atoms with van der Waals surface area (Å²) in [6.07, 6.45) is 3.32. The summed E-state index contributed by atoms with van der Waals surface area (Å²) in [5.74, 6) is 0.0787. The van der Waals surface area contributed by atoms with Crippen LogP contribution in [0.25, 0.3) is 0 Å². The molecule has 0 spiro atoms. The van der Waals surface area contributed by atoms with E-state index >= 15 is 0 Å². The zero-order valence-electron chi connectivity index (χ0n) is 12.5. The number of hydrogen-bond donors (Lipinski definition) is 1. The van der Waals surface area contributed by atoms with Crippen LogP contribution in [0.5, 0.6) is 0 Å². The lowest BCUT2D eigenvalue weighted by molar-refractivity contribution is 0.0601. The maximum atomic E-state index is 12.7. The topological polar surface area (TPSA) is 32.3 Å². The van der Waals surface area contributed by atoms with E-state index < -0.39 is 0 Å². The van der Waals surface area contributed by atoms with E-state index in [1.807, 2.05) is 18.0 Å². The molecule has 0 saturated carbocycles. The van der Waals surface area contributed by atoms with E-state index in [1.165, 1.54) is 6.42 Å². The third-order valence-corrected chi connectivity index (χ3v) is 4.83. The highest BCUT2D eigenvalue weighted by atomic mass is 35.5. The molecule has 1 N–H and O–H groups in total. The molecule has 0 aromatic heterocycles. The van der Waals surface area contributed by atoms with Crippen molar-refractivity contribution >= 4 is 23.2 Å². The minimum absolute atomic E-state index is 0.0787. The summed E-state index contributed by atoms with van der Waals surface area (Å²) in [4.78, 5) is 14.6. The van der Waals surface area contributed by atoms with E-state index in [0.717, 1.165) is 31.6 Å². The van der Waals surface area contributed by atoms with Gasteiger partial charge in [-0.2, -0.15) is 0 Å². The van der Waals surface area contributed by atoms with E-state index in [9.17, 15) is 4.79 Å². The number of rotatable bonds is 3. The van der Waals surface area contributed by atoms with Gasteiger partial charge in [0.05, 0.1) is 5.56 Å². The number of carbonyl (C=O) groups is 1. The largest absolute Gasteiger partial charge is 0.387 e. The van der Waals surface area contributed by atoms with Crippen molar-refractivity contribution in [2.45, 2.75) is 33.1 Å². The van der Waals surface area contributed by atoms with Crippen LogP contribution in [0.15, 0.2) is 18.2 Å². The molecule has 0 unspecified atom stereocenters. The van der Waals surface area contributed by atoms with Crippen molar-refractivity contribution in [1.82, 2.24) is 4.90 Å². The van der Waals surface area contributed by atoms with Crippen molar-refractivity contribution in [3.05, 3.63) is 28.8 Å². The third kappa shape index (κ3) is 3.09. The van der Waals surface area contributed by atoms with Gasteiger partial charge in [-0.15, -0.1) is 0 Å². The Hall–Kier alpha value is -1.22. The smallest absolute Gasteiger partial charge is 0.256 e. The maximum absolute atomic E-state index is 12.7. The summed E-state index contributed by atoms with van der Waals surface area (Å²) < 4.78 is 0. The van der Waals surface area contributed by atoms with Gasteiger partial charge in [0.25, 0.3) is 5.91 Å². The zero-order valence-corrected chi connectivity index (χ0v) is 13.3. The fourth-order valence-electron chi connectivity index (χ4n) is 2.68. The lowest BCUT2D eigenvalue weighted by Gasteiger charge is -2.39. The summed E-state index contributed by atoms with van der Waals surface area (Å²) in [5.41, 5.74) is 1.89. The van der Waals surface area contributed by atoms with Crippen molar-refractivity contribution < 1.29 is 4.79 Å². The van der Waals surface area contributed by atoms with E-state index in [2.05, 4.69) is 19.2 Å². The summed E-state index contributed by atoms with van der Waals surface area (Å²) in [6, 6.07) is 5.41. The normalized spacial score (nSPS) is 17.9. The number of hydrogen-bond acceptors (Lipinski definition) is 2. The average Bonchev–Trinajstić information content (AvgIpc) is 2.47. The summed E-state index contributed by atoms with van der Waals surface area (Å²) in [7, 11) is 1.82. The first kappa shape index (κ1) is 15.2. The molecule has 4 heteroatoms. The Labute approximate surface area is 126 Å². The van der Waals surface area contributed by atoms with Crippen LogP contribution in [-0.4, -0.2) is 30.9 Å². The molecule has 110 valence electrons. The predicted molar refractivity (Wildman–Crippen MR) is 84.5 cm³/mol. The van der Waals surface area contributed by atoms with Gasteiger partial charge in [0.15, 0.2) is 0 Å². The lowest BCUT2D eigenvalue weighted by Crippen LogP contribution is -2.42. The molecule has 3 nitrogen and oxygen atoms in total. The van der Waals surface area contributed by atoms with Crippen molar-refractivity contribution in [2.75, 3.05) is 25.5 Å². The first-order chi connectivity index (χ1) is 9.49. The van der Waals surface area contributed by atoms with Gasteiger partial charge in [0.2, 0.25) is 0 Å². The molecule has 1 aromatic carbocycles. The van der Waals surface area contributed by atoms with Crippen LogP contribution >= 0.6 is 11.6 Å². The second-order valence-corrected chi connectivity index (χ2v) is 6.33. The Morgan fingerprint density at radius 1 is 1.40 bits per heavy atom. The predicted octanol–water partition coefficient (Wildman–Crippen LogP) is 4.03. The Kier molecular flexibility index (Phi) is 4.59. The molecular weight excluding hydrogens is 272 g/mol. The average molecular weight is 295 g/mol. The van der Waals surface area contributed by atoms with Crippen LogP contribution in [0, 0.1) is 5.41 Å². The van der Waals surface area contributed by atoms with Gasteiger partial charge in [-0.05, 0) is 36.5 Å². The number of nitrogens with zero attached hydrogens (tertiary/aromatic N) is 1. The number of benzene rings is 1. The standard InChI is InChI=1S/C16H23ClN2O/c1-4-16(2)7-9-19(10-8-16)15(20)13-11-12(17)5-6-14(13)18-3/h5-6,11,18H,4,7-10H2,1-3H3. The number of likely N-dealkylation sites (tertiary alicyclic amines) is 1. The molecule has 1 amide bonds. The van der Waals surface area contributed by atoms with E-state index in [1.54, 1.807) is 12.1 Å². The monoisotopic (exact) mass is 294 g/mol. The van der Waals surface area contributed by atoms with Crippen LogP contribution in [-0.2, 0) is 0 Å². The molecule has 20 heavy (non-hydrogen) atoms. The maximum Gasteiger partial charge on any atom is 0.256 e. The molecule has 1 aliphatic heterocycles. The number of amides is 1. The first-order valence-corrected chi connectivity index (χ1v) is 7.63. The van der Waals surface area contributed by atoms with Crippen LogP contribution in [0.3, 0.4) is 0 Å². The van der Waals surface area contributed by atoms with E-state index in [4.69, 9.17) is 11.6 Å². The molecule has 2 rings (SSSR count). The molecule has 0 bridgehead atoms. The van der Waals surface area contributed by atoms with Crippen molar-refractivity contribution in [2.24, 2.45) is 5.41 Å². The van der Waals surface area contributed by atoms with Gasteiger partial charge in [-0.3, -0.25) is 4.79 Å². The van der Waals surface area contributed by atoms with E-state index in [0.29, 0.717) is 16.0 Å². The van der Waals surface area contributed by atoms with Crippen LogP contribution in [0.1, 0.15) is 43.5 Å². The van der Waals surface area contributed by atoms with Gasteiger partial charge in [-0.1, -0.05) is 31.9 Å². The Morgan fingerprint density at radius 2 is 2.05 bits per heavy atom. The number of nitrogens with one attached hydrogen (secondary N) is 1. The highest BCUT2D eigenvalue weighted by molar-refractivity contribution is 6.31. The molecule has 1 saturated heterocycles. The molecule has 0 radical (unpaired) electrons. The second-order valence-electron chi connectivity index (χ2n) is 5.90. The van der Waals surface area contributed by atoms with Gasteiger partial charge in [0, 0.05) is 30.8 Å². The van der Waals surface area contributed by atoms with Crippen LogP contribution in [0.2, 0.25) is 5.02 Å². The first-order valence-electron chi connectivity index (χ1n) is 7.25. The molecule has 0 atom stereocenters. The number of carbonyl (C=O) groups excluding carboxylic acids is 1. The second kappa shape index (κ2) is 6.04. The summed E-state index contributed by atoms with van der Waals surface area (Å²) >= 11 is 6.03. The van der Waals surface area contributed by atoms with Gasteiger partial charge < -0.3 is 10.2 Å². The SMILES string of the molecule is CCC1(C)CCN(C(=O)c2cc(Cl)ccc2NC)CC1. The zero-order chi connectivity index (χ0) is 14.8. The Bertz CT molecular complexity index is 493. The number of piperidine rings is 1. The van der Waals surface area contributed by atoms with Crippen molar-refractivity contribution in [1.29, 1.82) is 0 Å². The summed E-state index contributed by atoms with van der Waals surface area (Å²) in [6.45, 7) is 6.21. The van der Waals surface area contributed by atoms with E-state index in [-0.39, 0.29) is 5.91 Å². The highest BCUT2D eigenvalue weighted by Crippen LogP contribution is 2.34.